The fourth-order valence-electron chi connectivity index (χ4n) is 1.77. The van der Waals surface area contributed by atoms with Gasteiger partial charge in [0.2, 0.25) is 0 Å². The Balaban J connectivity index is 2.24. The lowest BCUT2D eigenvalue weighted by molar-refractivity contribution is 0.00578. The van der Waals surface area contributed by atoms with Crippen molar-refractivity contribution < 1.29 is 9.31 Å². The van der Waals surface area contributed by atoms with Crippen LogP contribution in [0, 0.1) is 0 Å². The second kappa shape index (κ2) is 4.78. The van der Waals surface area contributed by atoms with Crippen LogP contribution in [0.1, 0.15) is 46.0 Å². The summed E-state index contributed by atoms with van der Waals surface area (Å²) in [4.78, 5) is 4.36. The molecular weight excluding hydrogens is 268 g/mol. The first kappa shape index (κ1) is 14.3. The van der Waals surface area contributed by atoms with Gasteiger partial charge in [-0.2, -0.15) is 0 Å². The summed E-state index contributed by atoms with van der Waals surface area (Å²) in [6.07, 6.45) is 2.01. The molecular formula is C12H19BClNO2S. The van der Waals surface area contributed by atoms with Crippen molar-refractivity contribution in [3.63, 3.8) is 0 Å². The van der Waals surface area contributed by atoms with E-state index in [1.165, 1.54) is 0 Å². The molecule has 100 valence electrons. The monoisotopic (exact) mass is 287 g/mol. The Hall–Kier alpha value is -0.0951. The zero-order valence-corrected chi connectivity index (χ0v) is 13.1. The third-order valence-corrected chi connectivity index (χ3v) is 5.12. The molecule has 1 aromatic rings. The molecule has 0 N–H and O–H groups in total. The summed E-state index contributed by atoms with van der Waals surface area (Å²) >= 11 is 7.78. The molecule has 1 fully saturated rings. The number of aryl methyl sites for hydroxylation is 1. The van der Waals surface area contributed by atoms with Crippen molar-refractivity contribution in [1.29, 1.82) is 0 Å². The number of rotatable bonds is 3. The summed E-state index contributed by atoms with van der Waals surface area (Å²) in [5.74, 6) is 0. The van der Waals surface area contributed by atoms with Crippen molar-refractivity contribution in [3.05, 3.63) is 10.2 Å². The standard InChI is InChI=1S/C12H19BClNO2S/c1-6-7-8-15-10(14)9(18-8)13-16-11(2,3)12(4,5)17-13/h6-7H2,1-5H3. The van der Waals surface area contributed by atoms with Crippen LogP contribution in [-0.4, -0.2) is 23.3 Å². The van der Waals surface area contributed by atoms with E-state index in [-0.39, 0.29) is 11.2 Å². The highest BCUT2D eigenvalue weighted by Gasteiger charge is 2.53. The summed E-state index contributed by atoms with van der Waals surface area (Å²) in [7, 11) is -0.398. The van der Waals surface area contributed by atoms with Gasteiger partial charge in [0.25, 0.3) is 0 Å². The highest BCUT2D eigenvalue weighted by Crippen LogP contribution is 2.37. The topological polar surface area (TPSA) is 31.4 Å². The maximum absolute atomic E-state index is 6.19. The minimum atomic E-state index is -0.398. The molecule has 2 heterocycles. The zero-order valence-electron chi connectivity index (χ0n) is 11.5. The van der Waals surface area contributed by atoms with Gasteiger partial charge in [-0.15, -0.1) is 11.3 Å². The molecule has 0 amide bonds. The van der Waals surface area contributed by atoms with Crippen molar-refractivity contribution in [2.75, 3.05) is 0 Å². The summed E-state index contributed by atoms with van der Waals surface area (Å²) < 4.78 is 12.9. The van der Waals surface area contributed by atoms with Gasteiger partial charge in [-0.3, -0.25) is 0 Å². The van der Waals surface area contributed by atoms with E-state index < -0.39 is 7.12 Å². The van der Waals surface area contributed by atoms with Crippen molar-refractivity contribution in [2.45, 2.75) is 58.7 Å². The zero-order chi connectivity index (χ0) is 13.6. The predicted molar refractivity (Wildman–Crippen MR) is 76.8 cm³/mol. The molecule has 0 bridgehead atoms. The van der Waals surface area contributed by atoms with Crippen LogP contribution < -0.4 is 4.78 Å². The normalized spacial score (nSPS) is 21.6. The van der Waals surface area contributed by atoms with Crippen LogP contribution >= 0.6 is 22.9 Å². The number of nitrogens with zero attached hydrogens (tertiary/aromatic N) is 1. The van der Waals surface area contributed by atoms with Crippen LogP contribution in [0.3, 0.4) is 0 Å². The van der Waals surface area contributed by atoms with Crippen molar-refractivity contribution in [2.24, 2.45) is 0 Å². The second-order valence-corrected chi connectivity index (χ2v) is 7.07. The second-order valence-electron chi connectivity index (χ2n) is 5.60. The molecule has 0 saturated carbocycles. The smallest absolute Gasteiger partial charge is 0.399 e. The van der Waals surface area contributed by atoms with Crippen molar-refractivity contribution >= 4 is 34.8 Å². The van der Waals surface area contributed by atoms with Gasteiger partial charge >= 0.3 is 7.12 Å². The summed E-state index contributed by atoms with van der Waals surface area (Å²) in [6, 6.07) is 0. The van der Waals surface area contributed by atoms with E-state index in [4.69, 9.17) is 20.9 Å². The van der Waals surface area contributed by atoms with E-state index in [0.717, 1.165) is 22.6 Å². The maximum atomic E-state index is 6.19. The van der Waals surface area contributed by atoms with Crippen LogP contribution in [0.4, 0.5) is 0 Å². The lowest BCUT2D eigenvalue weighted by Gasteiger charge is -2.32. The number of hydrogen-bond donors (Lipinski definition) is 0. The first-order valence-electron chi connectivity index (χ1n) is 6.27. The lowest BCUT2D eigenvalue weighted by atomic mass is 9.89. The minimum Gasteiger partial charge on any atom is -0.399 e. The predicted octanol–water partition coefficient (Wildman–Crippen LogP) is 3.05. The van der Waals surface area contributed by atoms with Crippen LogP contribution in [0.25, 0.3) is 0 Å². The Morgan fingerprint density at radius 1 is 1.22 bits per heavy atom. The molecule has 18 heavy (non-hydrogen) atoms. The van der Waals surface area contributed by atoms with E-state index in [2.05, 4.69) is 11.9 Å². The van der Waals surface area contributed by atoms with E-state index >= 15 is 0 Å². The van der Waals surface area contributed by atoms with Gasteiger partial charge in [0.05, 0.1) is 21.0 Å². The van der Waals surface area contributed by atoms with Crippen LogP contribution in [0.15, 0.2) is 0 Å². The summed E-state index contributed by atoms with van der Waals surface area (Å²) in [5, 5.41) is 1.56. The molecule has 1 aliphatic heterocycles. The molecule has 0 radical (unpaired) electrons. The average molecular weight is 288 g/mol. The van der Waals surface area contributed by atoms with Crippen LogP contribution in [0.2, 0.25) is 5.15 Å². The number of halogens is 1. The highest BCUT2D eigenvalue weighted by atomic mass is 35.5. The maximum Gasteiger partial charge on any atom is 0.508 e. The van der Waals surface area contributed by atoms with Crippen LogP contribution in [-0.2, 0) is 15.7 Å². The van der Waals surface area contributed by atoms with Gasteiger partial charge in [0.1, 0.15) is 5.15 Å². The third kappa shape index (κ3) is 2.46. The summed E-state index contributed by atoms with van der Waals surface area (Å²) in [5.41, 5.74) is -0.675. The van der Waals surface area contributed by atoms with Crippen LogP contribution in [0.5, 0.6) is 0 Å². The SMILES string of the molecule is CCCc1nc(Cl)c(B2OC(C)(C)C(C)(C)O2)s1. The largest absolute Gasteiger partial charge is 0.508 e. The molecule has 6 heteroatoms. The fourth-order valence-corrected chi connectivity index (χ4v) is 3.15. The number of hydrogen-bond acceptors (Lipinski definition) is 4. The van der Waals surface area contributed by atoms with Crippen molar-refractivity contribution in [1.82, 2.24) is 4.98 Å². The van der Waals surface area contributed by atoms with Gasteiger partial charge in [0, 0.05) is 0 Å². The van der Waals surface area contributed by atoms with Gasteiger partial charge < -0.3 is 9.31 Å². The fraction of sp³-hybridized carbons (Fsp3) is 0.750. The third-order valence-electron chi connectivity index (χ3n) is 3.59. The van der Waals surface area contributed by atoms with Crippen molar-refractivity contribution in [3.8, 4) is 0 Å². The molecule has 0 atom stereocenters. The Kier molecular flexibility index (Phi) is 3.80. The quantitative estimate of drug-likeness (QED) is 0.801. The van der Waals surface area contributed by atoms with Gasteiger partial charge in [0.15, 0.2) is 0 Å². The van der Waals surface area contributed by atoms with E-state index in [0.29, 0.717) is 5.15 Å². The molecule has 3 nitrogen and oxygen atoms in total. The number of aromatic nitrogens is 1. The van der Waals surface area contributed by atoms with Gasteiger partial charge in [-0.05, 0) is 40.5 Å². The Morgan fingerprint density at radius 3 is 2.28 bits per heavy atom. The minimum absolute atomic E-state index is 0.337. The first-order valence-corrected chi connectivity index (χ1v) is 7.47. The molecule has 2 rings (SSSR count). The van der Waals surface area contributed by atoms with E-state index in [1.54, 1.807) is 11.3 Å². The molecule has 0 spiro atoms. The molecule has 1 aromatic heterocycles. The molecule has 0 aromatic carbocycles. The lowest BCUT2D eigenvalue weighted by Crippen LogP contribution is -2.41. The van der Waals surface area contributed by atoms with E-state index in [1.807, 2.05) is 27.7 Å². The van der Waals surface area contributed by atoms with Gasteiger partial charge in [-0.1, -0.05) is 18.5 Å². The molecule has 0 unspecified atom stereocenters. The van der Waals surface area contributed by atoms with E-state index in [9.17, 15) is 0 Å². The summed E-state index contributed by atoms with van der Waals surface area (Å²) in [6.45, 7) is 10.3. The number of thiazole rings is 1. The molecule has 0 aliphatic carbocycles. The molecule has 1 saturated heterocycles. The van der Waals surface area contributed by atoms with Gasteiger partial charge in [-0.25, -0.2) is 4.98 Å². The molecule has 1 aliphatic rings. The Labute approximate surface area is 118 Å². The Morgan fingerprint density at radius 2 is 1.78 bits per heavy atom. The highest BCUT2D eigenvalue weighted by molar-refractivity contribution is 7.22. The first-order chi connectivity index (χ1) is 8.27. The average Bonchev–Trinajstić information content (AvgIpc) is 2.66. The Bertz CT molecular complexity index is 431.